The molecule has 6 nitrogen and oxygen atoms in total. The zero-order chi connectivity index (χ0) is 17.8. The van der Waals surface area contributed by atoms with E-state index in [1.807, 2.05) is 30.3 Å². The molecule has 2 aromatic carbocycles. The van der Waals surface area contributed by atoms with E-state index in [2.05, 4.69) is 5.32 Å². The van der Waals surface area contributed by atoms with Crippen LogP contribution < -0.4 is 5.32 Å². The van der Waals surface area contributed by atoms with Gasteiger partial charge in [-0.05, 0) is 24.1 Å². The van der Waals surface area contributed by atoms with Gasteiger partial charge in [0.2, 0.25) is 5.91 Å². The Morgan fingerprint density at radius 1 is 0.960 bits per heavy atom. The molecule has 1 aliphatic heterocycles. The normalized spacial score (nSPS) is 14.2. The Morgan fingerprint density at radius 3 is 2.08 bits per heavy atom. The van der Waals surface area contributed by atoms with Crippen molar-refractivity contribution >= 4 is 24.0 Å². The predicted octanol–water partition coefficient (Wildman–Crippen LogP) is 1.21. The average molecular weight is 336 g/mol. The number of carbonyl (C=O) groups excluding carboxylic acids is 4. The molecule has 25 heavy (non-hydrogen) atoms. The minimum absolute atomic E-state index is 0.288. The molecule has 1 aliphatic rings. The molecule has 2 aromatic rings. The molecule has 0 spiro atoms. The third-order valence-electron chi connectivity index (χ3n) is 3.99. The number of hydrogen-bond acceptors (Lipinski definition) is 4. The number of hydrogen-bond donors (Lipinski definition) is 1. The third-order valence-corrected chi connectivity index (χ3v) is 3.99. The van der Waals surface area contributed by atoms with Crippen LogP contribution in [0, 0.1) is 0 Å². The summed E-state index contributed by atoms with van der Waals surface area (Å²) in [6, 6.07) is 15.0. The van der Waals surface area contributed by atoms with E-state index in [0.29, 0.717) is 12.7 Å². The van der Waals surface area contributed by atoms with Crippen molar-refractivity contribution in [3.05, 3.63) is 71.3 Å². The predicted molar refractivity (Wildman–Crippen MR) is 89.9 cm³/mol. The van der Waals surface area contributed by atoms with Crippen LogP contribution in [0.3, 0.4) is 0 Å². The van der Waals surface area contributed by atoms with Crippen LogP contribution in [-0.4, -0.2) is 41.5 Å². The number of nitrogens with one attached hydrogen (secondary N) is 1. The van der Waals surface area contributed by atoms with Gasteiger partial charge in [-0.25, -0.2) is 0 Å². The number of imide groups is 1. The average Bonchev–Trinajstić information content (AvgIpc) is 2.87. The zero-order valence-corrected chi connectivity index (χ0v) is 13.3. The quantitative estimate of drug-likeness (QED) is 0.635. The van der Waals surface area contributed by atoms with Crippen LogP contribution in [0.25, 0.3) is 0 Å². The van der Waals surface area contributed by atoms with Gasteiger partial charge in [0, 0.05) is 0 Å². The fourth-order valence-electron chi connectivity index (χ4n) is 2.78. The van der Waals surface area contributed by atoms with E-state index in [1.165, 1.54) is 0 Å². The Balaban J connectivity index is 1.64. The van der Waals surface area contributed by atoms with E-state index >= 15 is 0 Å². The summed E-state index contributed by atoms with van der Waals surface area (Å²) in [5.74, 6) is -1.55. The van der Waals surface area contributed by atoms with Gasteiger partial charge < -0.3 is 10.1 Å². The highest BCUT2D eigenvalue weighted by Crippen LogP contribution is 2.21. The van der Waals surface area contributed by atoms with Gasteiger partial charge >= 0.3 is 0 Å². The number of benzene rings is 2. The molecule has 0 bridgehead atoms. The van der Waals surface area contributed by atoms with E-state index in [-0.39, 0.29) is 11.1 Å². The molecule has 0 fully saturated rings. The second-order valence-corrected chi connectivity index (χ2v) is 5.74. The van der Waals surface area contributed by atoms with E-state index in [9.17, 15) is 19.2 Å². The molecule has 0 aromatic heterocycles. The summed E-state index contributed by atoms with van der Waals surface area (Å²) in [4.78, 5) is 48.8. The van der Waals surface area contributed by atoms with Crippen molar-refractivity contribution in [2.75, 3.05) is 6.54 Å². The van der Waals surface area contributed by atoms with Gasteiger partial charge in [-0.2, -0.15) is 0 Å². The molecule has 126 valence electrons. The smallest absolute Gasteiger partial charge is 0.262 e. The molecule has 1 N–H and O–H groups in total. The highest BCUT2D eigenvalue weighted by Gasteiger charge is 2.36. The summed E-state index contributed by atoms with van der Waals surface area (Å²) in [7, 11) is 0. The summed E-state index contributed by atoms with van der Waals surface area (Å²) >= 11 is 0. The third kappa shape index (κ3) is 3.47. The van der Waals surface area contributed by atoms with Crippen LogP contribution in [-0.2, 0) is 16.0 Å². The van der Waals surface area contributed by atoms with Crippen LogP contribution in [0.5, 0.6) is 0 Å². The largest absolute Gasteiger partial charge is 0.345 e. The summed E-state index contributed by atoms with van der Waals surface area (Å²) in [5.41, 5.74) is 1.48. The number of aldehydes is 1. The number of nitrogens with zero attached hydrogens (tertiary/aromatic N) is 1. The molecule has 3 amide bonds. The molecule has 1 heterocycles. The van der Waals surface area contributed by atoms with Gasteiger partial charge in [0.1, 0.15) is 12.8 Å². The number of amides is 3. The maximum Gasteiger partial charge on any atom is 0.262 e. The Bertz CT molecular complexity index is 797. The lowest BCUT2D eigenvalue weighted by atomic mass is 10.1. The van der Waals surface area contributed by atoms with Crippen LogP contribution in [0.4, 0.5) is 0 Å². The van der Waals surface area contributed by atoms with Crippen molar-refractivity contribution in [3.63, 3.8) is 0 Å². The Kier molecular flexibility index (Phi) is 4.70. The molecule has 0 saturated heterocycles. The summed E-state index contributed by atoms with van der Waals surface area (Å²) in [5, 5.41) is 2.56. The minimum Gasteiger partial charge on any atom is -0.345 e. The second-order valence-electron chi connectivity index (χ2n) is 5.74. The van der Waals surface area contributed by atoms with Crippen molar-refractivity contribution < 1.29 is 19.2 Å². The van der Waals surface area contributed by atoms with Crippen molar-refractivity contribution in [2.45, 2.75) is 12.5 Å². The van der Waals surface area contributed by atoms with Gasteiger partial charge in [0.05, 0.1) is 17.2 Å². The first kappa shape index (κ1) is 16.6. The van der Waals surface area contributed by atoms with Crippen molar-refractivity contribution in [1.82, 2.24) is 10.2 Å². The second kappa shape index (κ2) is 7.09. The fraction of sp³-hybridized carbons (Fsp3) is 0.158. The summed E-state index contributed by atoms with van der Waals surface area (Å²) in [6.45, 7) is -0.411. The lowest BCUT2D eigenvalue weighted by molar-refractivity contribution is -0.124. The van der Waals surface area contributed by atoms with Crippen LogP contribution >= 0.6 is 0 Å². The lowest BCUT2D eigenvalue weighted by Gasteiger charge is -2.17. The minimum atomic E-state index is -0.718. The van der Waals surface area contributed by atoms with Crippen molar-refractivity contribution in [2.24, 2.45) is 0 Å². The fourth-order valence-corrected chi connectivity index (χ4v) is 2.78. The van der Waals surface area contributed by atoms with Crippen LogP contribution in [0.15, 0.2) is 54.6 Å². The maximum atomic E-state index is 12.2. The number of carbonyl (C=O) groups is 4. The topological polar surface area (TPSA) is 83.6 Å². The highest BCUT2D eigenvalue weighted by molar-refractivity contribution is 6.22. The Hall–Kier alpha value is -3.28. The molecule has 0 radical (unpaired) electrons. The molecular formula is C19H16N2O4. The van der Waals surface area contributed by atoms with Crippen molar-refractivity contribution in [3.8, 4) is 0 Å². The van der Waals surface area contributed by atoms with Crippen molar-refractivity contribution in [1.29, 1.82) is 0 Å². The Morgan fingerprint density at radius 2 is 1.52 bits per heavy atom. The Labute approximate surface area is 144 Å². The van der Waals surface area contributed by atoms with Gasteiger partial charge in [-0.15, -0.1) is 0 Å². The molecule has 6 heteroatoms. The van der Waals surface area contributed by atoms with Gasteiger partial charge in [-0.3, -0.25) is 19.3 Å². The van der Waals surface area contributed by atoms with Gasteiger partial charge in [0.15, 0.2) is 0 Å². The standard InChI is InChI=1S/C19H16N2O4/c22-12-14(10-13-6-2-1-3-7-13)20-17(23)11-21-18(24)15-8-4-5-9-16(15)19(21)25/h1-9,12,14H,10-11H2,(H,20,23). The maximum absolute atomic E-state index is 12.2. The zero-order valence-electron chi connectivity index (χ0n) is 13.3. The van der Waals surface area contributed by atoms with E-state index in [1.54, 1.807) is 24.3 Å². The molecule has 1 atom stereocenters. The first-order valence-corrected chi connectivity index (χ1v) is 7.84. The van der Waals surface area contributed by atoms with Gasteiger partial charge in [0.25, 0.3) is 11.8 Å². The molecule has 3 rings (SSSR count). The van der Waals surface area contributed by atoms with Crippen LogP contribution in [0.2, 0.25) is 0 Å². The van der Waals surface area contributed by atoms with Crippen LogP contribution in [0.1, 0.15) is 26.3 Å². The molecular weight excluding hydrogens is 320 g/mol. The molecule has 1 unspecified atom stereocenters. The van der Waals surface area contributed by atoms with Gasteiger partial charge in [-0.1, -0.05) is 42.5 Å². The number of rotatable bonds is 6. The number of fused-ring (bicyclic) bond motifs is 1. The SMILES string of the molecule is O=CC(Cc1ccccc1)NC(=O)CN1C(=O)c2ccccc2C1=O. The summed E-state index contributed by atoms with van der Waals surface area (Å²) in [6.07, 6.45) is 0.992. The first-order valence-electron chi connectivity index (χ1n) is 7.84. The monoisotopic (exact) mass is 336 g/mol. The molecule has 0 saturated carbocycles. The van der Waals surface area contributed by atoms with E-state index in [0.717, 1.165) is 10.5 Å². The molecule has 0 aliphatic carbocycles. The van der Waals surface area contributed by atoms with E-state index < -0.39 is 30.3 Å². The lowest BCUT2D eigenvalue weighted by Crippen LogP contribution is -2.45. The highest BCUT2D eigenvalue weighted by atomic mass is 16.2. The summed E-state index contributed by atoms with van der Waals surface area (Å²) < 4.78 is 0. The van der Waals surface area contributed by atoms with E-state index in [4.69, 9.17) is 0 Å². The first-order chi connectivity index (χ1) is 12.1.